The lowest BCUT2D eigenvalue weighted by Crippen LogP contribution is -2.46. The molecule has 0 aliphatic carbocycles. The molecule has 1 aliphatic rings. The van der Waals surface area contributed by atoms with Gasteiger partial charge < -0.3 is 13.9 Å². The van der Waals surface area contributed by atoms with Crippen molar-refractivity contribution >= 4 is 20.1 Å². The van der Waals surface area contributed by atoms with Crippen molar-refractivity contribution in [3.63, 3.8) is 0 Å². The second-order valence-corrected chi connectivity index (χ2v) is 15.5. The van der Waals surface area contributed by atoms with Crippen LogP contribution in [0.25, 0.3) is 0 Å². The van der Waals surface area contributed by atoms with E-state index >= 15 is 0 Å². The van der Waals surface area contributed by atoms with E-state index < -0.39 is 36.9 Å². The van der Waals surface area contributed by atoms with E-state index in [1.54, 1.807) is 25.7 Å². The van der Waals surface area contributed by atoms with Crippen molar-refractivity contribution < 1.29 is 28.0 Å². The van der Waals surface area contributed by atoms with Crippen LogP contribution in [-0.2, 0) is 9.16 Å². The molecule has 0 bridgehead atoms. The summed E-state index contributed by atoms with van der Waals surface area (Å²) in [6.45, 7) is 16.6. The van der Waals surface area contributed by atoms with Crippen LogP contribution >= 0.6 is 0 Å². The fourth-order valence-corrected chi connectivity index (χ4v) is 4.14. The summed E-state index contributed by atoms with van der Waals surface area (Å²) in [5.74, 6) is -0.703. The zero-order chi connectivity index (χ0) is 24.5. The van der Waals surface area contributed by atoms with Crippen molar-refractivity contribution in [3.8, 4) is 5.75 Å². The molecule has 10 heteroatoms. The summed E-state index contributed by atoms with van der Waals surface area (Å²) in [4.78, 5) is 24.8. The highest BCUT2D eigenvalue weighted by Gasteiger charge is 2.42. The van der Waals surface area contributed by atoms with E-state index in [0.29, 0.717) is 13.0 Å². The minimum absolute atomic E-state index is 0.0127. The number of benzene rings is 1. The van der Waals surface area contributed by atoms with E-state index in [9.17, 15) is 19.3 Å². The minimum Gasteiger partial charge on any atom is -0.488 e. The average Bonchev–Trinajstić information content (AvgIpc) is 3.00. The van der Waals surface area contributed by atoms with Gasteiger partial charge in [0, 0.05) is 12.5 Å². The van der Waals surface area contributed by atoms with E-state index in [0.717, 1.165) is 12.1 Å². The first-order valence-electron chi connectivity index (χ1n) is 10.7. The zero-order valence-corrected chi connectivity index (χ0v) is 21.2. The molecule has 8 nitrogen and oxygen atoms in total. The SMILES string of the molecule is CC(C)(C)OC(=O)N1CC(Oc2cc(F)cc([N+](=O)[O-])c2)CC1CO[Si](C)(C)C(C)(C)C. The lowest BCUT2D eigenvalue weighted by atomic mass is 10.2. The van der Waals surface area contributed by atoms with Crippen molar-refractivity contribution in [2.75, 3.05) is 13.2 Å². The van der Waals surface area contributed by atoms with E-state index in [-0.39, 0.29) is 29.1 Å². The van der Waals surface area contributed by atoms with Gasteiger partial charge in [-0.2, -0.15) is 0 Å². The van der Waals surface area contributed by atoms with Crippen LogP contribution in [0.1, 0.15) is 48.0 Å². The van der Waals surface area contributed by atoms with Crippen LogP contribution in [0.3, 0.4) is 0 Å². The first kappa shape index (κ1) is 26.1. The zero-order valence-electron chi connectivity index (χ0n) is 20.2. The van der Waals surface area contributed by atoms with Gasteiger partial charge in [-0.25, -0.2) is 9.18 Å². The van der Waals surface area contributed by atoms with E-state index in [1.807, 2.05) is 0 Å². The number of carbonyl (C=O) groups is 1. The maximum Gasteiger partial charge on any atom is 0.410 e. The Balaban J connectivity index is 2.20. The number of nitro benzene ring substituents is 1. The number of halogens is 1. The molecule has 1 aliphatic heterocycles. The fourth-order valence-electron chi connectivity index (χ4n) is 3.10. The molecule has 1 aromatic rings. The number of nitro groups is 1. The second kappa shape index (κ2) is 9.34. The van der Waals surface area contributed by atoms with Gasteiger partial charge in [-0.3, -0.25) is 15.0 Å². The van der Waals surface area contributed by atoms with Gasteiger partial charge in [-0.05, 0) is 38.9 Å². The number of hydrogen-bond donors (Lipinski definition) is 0. The summed E-state index contributed by atoms with van der Waals surface area (Å²) in [5.41, 5.74) is -1.05. The molecule has 1 aromatic carbocycles. The molecule has 0 saturated carbocycles. The maximum absolute atomic E-state index is 13.8. The Kier molecular flexibility index (Phi) is 7.61. The Hall–Kier alpha value is -2.20. The Morgan fingerprint density at radius 2 is 1.84 bits per heavy atom. The lowest BCUT2D eigenvalue weighted by molar-refractivity contribution is -0.385. The van der Waals surface area contributed by atoms with Crippen LogP contribution in [0.2, 0.25) is 18.1 Å². The molecule has 180 valence electrons. The third-order valence-electron chi connectivity index (χ3n) is 5.82. The number of rotatable bonds is 6. The molecule has 0 spiro atoms. The number of likely N-dealkylation sites (tertiary alicyclic amines) is 1. The largest absolute Gasteiger partial charge is 0.488 e. The summed E-state index contributed by atoms with van der Waals surface area (Å²) in [6, 6.07) is 2.84. The molecule has 32 heavy (non-hydrogen) atoms. The summed E-state index contributed by atoms with van der Waals surface area (Å²) in [5, 5.41) is 11.0. The Labute approximate surface area is 190 Å². The van der Waals surface area contributed by atoms with Gasteiger partial charge in [0.25, 0.3) is 5.69 Å². The Morgan fingerprint density at radius 1 is 1.22 bits per heavy atom. The summed E-state index contributed by atoms with van der Waals surface area (Å²) < 4.78 is 31.6. The predicted octanol–water partition coefficient (Wildman–Crippen LogP) is 5.51. The summed E-state index contributed by atoms with van der Waals surface area (Å²) in [7, 11) is -2.05. The van der Waals surface area contributed by atoms with Crippen molar-refractivity contribution in [3.05, 3.63) is 34.1 Å². The molecular formula is C22H35FN2O6Si. The number of hydrogen-bond acceptors (Lipinski definition) is 6. The van der Waals surface area contributed by atoms with Crippen LogP contribution in [0.5, 0.6) is 5.75 Å². The average molecular weight is 471 g/mol. The number of nitrogens with zero attached hydrogens (tertiary/aromatic N) is 2. The molecule has 1 amide bonds. The van der Waals surface area contributed by atoms with Crippen molar-refractivity contribution in [2.45, 2.75) is 83.8 Å². The van der Waals surface area contributed by atoms with Gasteiger partial charge in [0.1, 0.15) is 23.3 Å². The second-order valence-electron chi connectivity index (χ2n) is 10.7. The third kappa shape index (κ3) is 6.90. The third-order valence-corrected chi connectivity index (χ3v) is 10.3. The maximum atomic E-state index is 13.8. The quantitative estimate of drug-likeness (QED) is 0.309. The molecule has 0 aromatic heterocycles. The van der Waals surface area contributed by atoms with Gasteiger partial charge in [0.15, 0.2) is 8.32 Å². The van der Waals surface area contributed by atoms with E-state index in [2.05, 4.69) is 33.9 Å². The highest BCUT2D eigenvalue weighted by Crippen LogP contribution is 2.37. The molecule has 1 fully saturated rings. The first-order chi connectivity index (χ1) is 14.5. The molecule has 2 unspecified atom stereocenters. The van der Waals surface area contributed by atoms with Crippen LogP contribution in [0, 0.1) is 15.9 Å². The number of non-ortho nitro benzene ring substituents is 1. The van der Waals surface area contributed by atoms with Gasteiger partial charge in [0.05, 0.1) is 36.2 Å². The van der Waals surface area contributed by atoms with Gasteiger partial charge in [-0.15, -0.1) is 0 Å². The van der Waals surface area contributed by atoms with Crippen molar-refractivity contribution in [2.24, 2.45) is 0 Å². The monoisotopic (exact) mass is 470 g/mol. The number of carbonyl (C=O) groups excluding carboxylic acids is 1. The van der Waals surface area contributed by atoms with E-state index in [1.165, 1.54) is 6.07 Å². The van der Waals surface area contributed by atoms with Crippen LogP contribution in [0.15, 0.2) is 18.2 Å². The van der Waals surface area contributed by atoms with Gasteiger partial charge in [-0.1, -0.05) is 20.8 Å². The standard InChI is InChI=1S/C22H35FN2O6Si/c1-21(2,3)31-20(26)24-13-19(12-17(24)14-29-32(7,8)22(4,5)6)30-18-10-15(23)9-16(11-18)25(27)28/h9-11,17,19H,12-14H2,1-8H3. The van der Waals surface area contributed by atoms with Crippen LogP contribution < -0.4 is 4.74 Å². The van der Waals surface area contributed by atoms with Crippen molar-refractivity contribution in [1.29, 1.82) is 0 Å². The van der Waals surface area contributed by atoms with E-state index in [4.69, 9.17) is 13.9 Å². The molecule has 0 N–H and O–H groups in total. The summed E-state index contributed by atoms with van der Waals surface area (Å²) in [6.07, 6.45) is -0.507. The molecular weight excluding hydrogens is 435 g/mol. The number of amides is 1. The highest BCUT2D eigenvalue weighted by molar-refractivity contribution is 6.74. The normalized spacial score (nSPS) is 19.7. The smallest absolute Gasteiger partial charge is 0.410 e. The van der Waals surface area contributed by atoms with Crippen LogP contribution in [0.4, 0.5) is 14.9 Å². The molecule has 2 rings (SSSR count). The van der Waals surface area contributed by atoms with Crippen molar-refractivity contribution in [1.82, 2.24) is 4.90 Å². The minimum atomic E-state index is -2.05. The lowest BCUT2D eigenvalue weighted by Gasteiger charge is -2.38. The highest BCUT2D eigenvalue weighted by atomic mass is 28.4. The Morgan fingerprint density at radius 3 is 2.38 bits per heavy atom. The molecule has 1 saturated heterocycles. The van der Waals surface area contributed by atoms with Gasteiger partial charge >= 0.3 is 6.09 Å². The molecule has 0 radical (unpaired) electrons. The Bertz CT molecular complexity index is 850. The first-order valence-corrected chi connectivity index (χ1v) is 13.6. The molecule has 1 heterocycles. The summed E-state index contributed by atoms with van der Waals surface area (Å²) >= 11 is 0. The molecule has 2 atom stereocenters. The predicted molar refractivity (Wildman–Crippen MR) is 122 cm³/mol. The topological polar surface area (TPSA) is 91.1 Å². The van der Waals surface area contributed by atoms with Gasteiger partial charge in [0.2, 0.25) is 0 Å². The van der Waals surface area contributed by atoms with Crippen LogP contribution in [-0.4, -0.2) is 55.1 Å². The fraction of sp³-hybridized carbons (Fsp3) is 0.682. The number of ether oxygens (including phenoxy) is 2.